The lowest BCUT2D eigenvalue weighted by Crippen LogP contribution is -2.35. The SMILES string of the molecule is COc1cccc(OC)c1OCC(O)CNC(=O)c1ccc(CS(=O)(=O)c2ccccc2)o1. The van der Waals surface area contributed by atoms with Crippen molar-refractivity contribution < 1.29 is 36.9 Å². The van der Waals surface area contributed by atoms with Gasteiger partial charge in [-0.1, -0.05) is 24.3 Å². The lowest BCUT2D eigenvalue weighted by molar-refractivity contribution is 0.0812. The van der Waals surface area contributed by atoms with Crippen molar-refractivity contribution in [2.24, 2.45) is 0 Å². The highest BCUT2D eigenvalue weighted by Crippen LogP contribution is 2.36. The molecule has 9 nitrogen and oxygen atoms in total. The van der Waals surface area contributed by atoms with Gasteiger partial charge in [-0.3, -0.25) is 4.79 Å². The first kappa shape index (κ1) is 24.1. The average Bonchev–Trinajstić information content (AvgIpc) is 3.29. The molecule has 0 radical (unpaired) electrons. The molecule has 2 N–H and O–H groups in total. The summed E-state index contributed by atoms with van der Waals surface area (Å²) in [4.78, 5) is 12.5. The second-order valence-electron chi connectivity index (χ2n) is 7.00. The van der Waals surface area contributed by atoms with Crippen molar-refractivity contribution in [1.29, 1.82) is 0 Å². The van der Waals surface area contributed by atoms with Crippen molar-refractivity contribution in [3.8, 4) is 17.2 Å². The zero-order chi connectivity index (χ0) is 23.8. The van der Waals surface area contributed by atoms with E-state index < -0.39 is 21.8 Å². The zero-order valence-electron chi connectivity index (χ0n) is 18.2. The molecule has 0 aliphatic carbocycles. The van der Waals surface area contributed by atoms with Crippen LogP contribution in [0.3, 0.4) is 0 Å². The van der Waals surface area contributed by atoms with Crippen molar-refractivity contribution in [2.75, 3.05) is 27.4 Å². The minimum atomic E-state index is -3.60. The van der Waals surface area contributed by atoms with Crippen LogP contribution in [0.1, 0.15) is 16.3 Å². The van der Waals surface area contributed by atoms with E-state index in [1.54, 1.807) is 36.4 Å². The molecule has 1 atom stereocenters. The van der Waals surface area contributed by atoms with E-state index in [4.69, 9.17) is 18.6 Å². The van der Waals surface area contributed by atoms with E-state index in [9.17, 15) is 18.3 Å². The smallest absolute Gasteiger partial charge is 0.287 e. The first-order valence-electron chi connectivity index (χ1n) is 10.0. The number of ether oxygens (including phenoxy) is 3. The number of carbonyl (C=O) groups is 1. The Balaban J connectivity index is 1.53. The number of benzene rings is 2. The molecule has 3 aromatic rings. The molecule has 10 heteroatoms. The summed E-state index contributed by atoms with van der Waals surface area (Å²) in [6, 6.07) is 15.9. The minimum Gasteiger partial charge on any atom is -0.493 e. The summed E-state index contributed by atoms with van der Waals surface area (Å²) in [7, 11) is -0.625. The van der Waals surface area contributed by atoms with Gasteiger partial charge >= 0.3 is 0 Å². The minimum absolute atomic E-state index is 0.0622. The molecule has 176 valence electrons. The molecular weight excluding hydrogens is 450 g/mol. The summed E-state index contributed by atoms with van der Waals surface area (Å²) in [5, 5.41) is 12.7. The molecule has 1 heterocycles. The highest BCUT2D eigenvalue weighted by atomic mass is 32.2. The topological polar surface area (TPSA) is 124 Å². The Kier molecular flexibility index (Phi) is 7.96. The molecule has 1 unspecified atom stereocenters. The number of hydrogen-bond acceptors (Lipinski definition) is 8. The molecule has 33 heavy (non-hydrogen) atoms. The first-order chi connectivity index (χ1) is 15.8. The summed E-state index contributed by atoms with van der Waals surface area (Å²) in [5.41, 5.74) is 0. The molecule has 0 bridgehead atoms. The number of aliphatic hydroxyl groups excluding tert-OH is 1. The third-order valence-corrected chi connectivity index (χ3v) is 6.28. The van der Waals surface area contributed by atoms with Crippen molar-refractivity contribution in [3.63, 3.8) is 0 Å². The summed E-state index contributed by atoms with van der Waals surface area (Å²) < 4.78 is 46.4. The van der Waals surface area contributed by atoms with Gasteiger partial charge in [-0.05, 0) is 36.4 Å². The Labute approximate surface area is 191 Å². The van der Waals surface area contributed by atoms with Crippen LogP contribution in [-0.2, 0) is 15.6 Å². The van der Waals surface area contributed by atoms with Gasteiger partial charge in [0.1, 0.15) is 24.2 Å². The second kappa shape index (κ2) is 10.9. The largest absolute Gasteiger partial charge is 0.493 e. The van der Waals surface area contributed by atoms with Gasteiger partial charge in [-0.15, -0.1) is 0 Å². The lowest BCUT2D eigenvalue weighted by Gasteiger charge is -2.16. The van der Waals surface area contributed by atoms with Crippen molar-refractivity contribution in [3.05, 3.63) is 72.2 Å². The van der Waals surface area contributed by atoms with Crippen LogP contribution in [0.4, 0.5) is 0 Å². The maximum absolute atomic E-state index is 12.5. The van der Waals surface area contributed by atoms with Crippen LogP contribution in [0, 0.1) is 0 Å². The number of rotatable bonds is 11. The van der Waals surface area contributed by atoms with E-state index in [-0.39, 0.29) is 35.3 Å². The van der Waals surface area contributed by atoms with Crippen LogP contribution < -0.4 is 19.5 Å². The van der Waals surface area contributed by atoms with Gasteiger partial charge in [0.25, 0.3) is 5.91 Å². The standard InChI is InChI=1S/C23H25NO8S/c1-29-19-9-6-10-20(30-2)22(19)31-14-16(25)13-24-23(26)21-12-11-17(32-21)15-33(27,28)18-7-4-3-5-8-18/h3-12,16,25H,13-15H2,1-2H3,(H,24,26). The summed E-state index contributed by atoms with van der Waals surface area (Å²) in [6.45, 7) is -0.246. The Hall–Kier alpha value is -3.50. The van der Waals surface area contributed by atoms with Gasteiger partial charge in [0.15, 0.2) is 27.1 Å². The van der Waals surface area contributed by atoms with E-state index in [1.165, 1.54) is 38.5 Å². The fourth-order valence-corrected chi connectivity index (χ4v) is 4.24. The molecule has 0 saturated carbocycles. The van der Waals surface area contributed by atoms with E-state index in [1.807, 2.05) is 0 Å². The summed E-state index contributed by atoms with van der Waals surface area (Å²) in [6.07, 6.45) is -1.03. The Morgan fingerprint density at radius 2 is 1.67 bits per heavy atom. The Bertz CT molecular complexity index is 1150. The van der Waals surface area contributed by atoms with Gasteiger partial charge < -0.3 is 29.1 Å². The first-order valence-corrected chi connectivity index (χ1v) is 11.7. The maximum Gasteiger partial charge on any atom is 0.287 e. The van der Waals surface area contributed by atoms with Gasteiger partial charge in [0, 0.05) is 6.54 Å². The normalized spacial score (nSPS) is 12.1. The van der Waals surface area contributed by atoms with Crippen molar-refractivity contribution >= 4 is 15.7 Å². The Morgan fingerprint density at radius 3 is 2.30 bits per heavy atom. The second-order valence-corrected chi connectivity index (χ2v) is 8.99. The van der Waals surface area contributed by atoms with Crippen LogP contribution in [-0.4, -0.2) is 52.9 Å². The number of furan rings is 1. The predicted molar refractivity (Wildman–Crippen MR) is 119 cm³/mol. The molecule has 0 aliphatic heterocycles. The summed E-state index contributed by atoms with van der Waals surface area (Å²) >= 11 is 0. The molecule has 1 aromatic heterocycles. The maximum atomic E-state index is 12.5. The van der Waals surface area contributed by atoms with Gasteiger partial charge in [-0.25, -0.2) is 8.42 Å². The third-order valence-electron chi connectivity index (χ3n) is 4.62. The molecule has 1 amide bonds. The van der Waals surface area contributed by atoms with E-state index in [0.717, 1.165) is 0 Å². The van der Waals surface area contributed by atoms with Crippen LogP contribution in [0.5, 0.6) is 17.2 Å². The molecule has 3 rings (SSSR count). The number of amides is 1. The lowest BCUT2D eigenvalue weighted by atomic mass is 10.3. The van der Waals surface area contributed by atoms with Crippen LogP contribution >= 0.6 is 0 Å². The number of hydrogen-bond donors (Lipinski definition) is 2. The fourth-order valence-electron chi connectivity index (χ4n) is 2.97. The number of para-hydroxylation sites is 1. The third kappa shape index (κ3) is 6.27. The number of methoxy groups -OCH3 is 2. The van der Waals surface area contributed by atoms with Crippen LogP contribution in [0.2, 0.25) is 0 Å². The molecule has 0 saturated heterocycles. The van der Waals surface area contributed by atoms with Crippen molar-refractivity contribution in [2.45, 2.75) is 16.8 Å². The van der Waals surface area contributed by atoms with E-state index in [0.29, 0.717) is 17.2 Å². The molecule has 0 spiro atoms. The van der Waals surface area contributed by atoms with Gasteiger partial charge in [0.05, 0.1) is 19.1 Å². The number of aliphatic hydroxyl groups is 1. The fraction of sp³-hybridized carbons (Fsp3) is 0.261. The summed E-state index contributed by atoms with van der Waals surface area (Å²) in [5.74, 6) is 0.333. The van der Waals surface area contributed by atoms with Crippen LogP contribution in [0.15, 0.2) is 70.0 Å². The number of sulfone groups is 1. The van der Waals surface area contributed by atoms with Gasteiger partial charge in [0.2, 0.25) is 5.75 Å². The number of carbonyl (C=O) groups excluding carboxylic acids is 1. The molecule has 0 aliphatic rings. The quantitative estimate of drug-likeness (QED) is 0.433. The zero-order valence-corrected chi connectivity index (χ0v) is 19.0. The van der Waals surface area contributed by atoms with Crippen LogP contribution in [0.25, 0.3) is 0 Å². The molecular formula is C23H25NO8S. The monoisotopic (exact) mass is 475 g/mol. The molecule has 0 fully saturated rings. The average molecular weight is 476 g/mol. The predicted octanol–water partition coefficient (Wildman–Crippen LogP) is 2.44. The van der Waals surface area contributed by atoms with Crippen molar-refractivity contribution in [1.82, 2.24) is 5.32 Å². The van der Waals surface area contributed by atoms with Gasteiger partial charge in [-0.2, -0.15) is 0 Å². The Morgan fingerprint density at radius 1 is 1.00 bits per heavy atom. The molecule has 2 aromatic carbocycles. The van der Waals surface area contributed by atoms with E-state index >= 15 is 0 Å². The number of nitrogens with one attached hydrogen (secondary N) is 1. The highest BCUT2D eigenvalue weighted by molar-refractivity contribution is 7.90. The highest BCUT2D eigenvalue weighted by Gasteiger charge is 2.20. The van der Waals surface area contributed by atoms with E-state index in [2.05, 4.69) is 5.32 Å².